The Bertz CT molecular complexity index is 1120. The molecular formula is C22H28F3N5O2. The third-order valence-electron chi connectivity index (χ3n) is 6.49. The summed E-state index contributed by atoms with van der Waals surface area (Å²) in [5, 5.41) is 3.59. The highest BCUT2D eigenvalue weighted by Crippen LogP contribution is 2.36. The van der Waals surface area contributed by atoms with Gasteiger partial charge in [0.2, 0.25) is 0 Å². The number of hydrogen-bond donors (Lipinski definition) is 1. The van der Waals surface area contributed by atoms with E-state index in [-0.39, 0.29) is 12.6 Å². The third-order valence-corrected chi connectivity index (χ3v) is 6.49. The van der Waals surface area contributed by atoms with Crippen LogP contribution in [0, 0.1) is 0 Å². The maximum absolute atomic E-state index is 13.3. The SMILES string of the molecule is CN1c2c(c(=O)n(C)c(=O)n2C)N(Cc2cccc(C(F)(F)F)c2)C1NC1CCCCC1. The van der Waals surface area contributed by atoms with Gasteiger partial charge < -0.3 is 9.80 Å². The van der Waals surface area contributed by atoms with Crippen molar-refractivity contribution >= 4 is 11.5 Å². The van der Waals surface area contributed by atoms with Gasteiger partial charge in [0, 0.05) is 33.7 Å². The molecule has 1 N–H and O–H groups in total. The van der Waals surface area contributed by atoms with Crippen LogP contribution >= 0.6 is 0 Å². The molecule has 32 heavy (non-hydrogen) atoms. The van der Waals surface area contributed by atoms with Gasteiger partial charge in [-0.2, -0.15) is 13.2 Å². The fraction of sp³-hybridized carbons (Fsp3) is 0.545. The summed E-state index contributed by atoms with van der Waals surface area (Å²) >= 11 is 0. The van der Waals surface area contributed by atoms with E-state index < -0.39 is 29.3 Å². The lowest BCUT2D eigenvalue weighted by atomic mass is 9.95. The fourth-order valence-corrected chi connectivity index (χ4v) is 4.81. The summed E-state index contributed by atoms with van der Waals surface area (Å²) in [6.07, 6.45) is 0.481. The summed E-state index contributed by atoms with van der Waals surface area (Å²) in [6.45, 7) is 0.0963. The molecule has 0 radical (unpaired) electrons. The molecule has 1 aliphatic carbocycles. The maximum atomic E-state index is 13.3. The molecule has 0 amide bonds. The zero-order valence-electron chi connectivity index (χ0n) is 18.4. The molecular weight excluding hydrogens is 423 g/mol. The molecule has 0 bridgehead atoms. The molecule has 2 heterocycles. The Morgan fingerprint density at radius 1 is 1.03 bits per heavy atom. The summed E-state index contributed by atoms with van der Waals surface area (Å²) in [5.41, 5.74) is -0.893. The highest BCUT2D eigenvalue weighted by molar-refractivity contribution is 5.73. The van der Waals surface area contributed by atoms with Crippen LogP contribution in [0.2, 0.25) is 0 Å². The van der Waals surface area contributed by atoms with Crippen molar-refractivity contribution in [2.45, 2.75) is 57.2 Å². The number of rotatable bonds is 4. The van der Waals surface area contributed by atoms with E-state index in [2.05, 4.69) is 5.32 Å². The number of halogens is 3. The van der Waals surface area contributed by atoms with Crippen LogP contribution in [0.25, 0.3) is 0 Å². The molecule has 1 fully saturated rings. The number of nitrogens with zero attached hydrogens (tertiary/aromatic N) is 4. The molecule has 174 valence electrons. The zero-order chi connectivity index (χ0) is 23.2. The Labute approximate surface area is 184 Å². The first-order chi connectivity index (χ1) is 15.1. The van der Waals surface area contributed by atoms with Crippen molar-refractivity contribution < 1.29 is 13.2 Å². The molecule has 1 saturated carbocycles. The number of fused-ring (bicyclic) bond motifs is 1. The largest absolute Gasteiger partial charge is 0.416 e. The van der Waals surface area contributed by atoms with Gasteiger partial charge in [-0.1, -0.05) is 31.4 Å². The maximum Gasteiger partial charge on any atom is 0.416 e. The first-order valence-electron chi connectivity index (χ1n) is 10.8. The Kier molecular flexibility index (Phi) is 5.83. The van der Waals surface area contributed by atoms with Crippen LogP contribution < -0.4 is 26.4 Å². The second kappa shape index (κ2) is 8.31. The summed E-state index contributed by atoms with van der Waals surface area (Å²) < 4.78 is 42.2. The zero-order valence-corrected chi connectivity index (χ0v) is 18.4. The lowest BCUT2D eigenvalue weighted by molar-refractivity contribution is -0.137. The van der Waals surface area contributed by atoms with E-state index in [0.717, 1.165) is 42.4 Å². The molecule has 7 nitrogen and oxygen atoms in total. The van der Waals surface area contributed by atoms with Crippen LogP contribution in [0.5, 0.6) is 0 Å². The summed E-state index contributed by atoms with van der Waals surface area (Å²) in [7, 11) is 4.81. The lowest BCUT2D eigenvalue weighted by Gasteiger charge is -2.35. The fourth-order valence-electron chi connectivity index (χ4n) is 4.81. The molecule has 1 aliphatic heterocycles. The van der Waals surface area contributed by atoms with E-state index in [9.17, 15) is 22.8 Å². The molecule has 1 atom stereocenters. The van der Waals surface area contributed by atoms with E-state index in [4.69, 9.17) is 0 Å². The molecule has 10 heteroatoms. The Morgan fingerprint density at radius 2 is 1.72 bits per heavy atom. The topological polar surface area (TPSA) is 62.5 Å². The van der Waals surface area contributed by atoms with Gasteiger partial charge >= 0.3 is 11.9 Å². The van der Waals surface area contributed by atoms with Gasteiger partial charge in [0.05, 0.1) is 5.56 Å². The summed E-state index contributed by atoms with van der Waals surface area (Å²) in [6, 6.07) is 5.38. The normalized spacial score (nSPS) is 19.5. The highest BCUT2D eigenvalue weighted by atomic mass is 19.4. The number of nitrogens with one attached hydrogen (secondary N) is 1. The second-order valence-corrected chi connectivity index (χ2v) is 8.69. The van der Waals surface area contributed by atoms with Gasteiger partial charge in [0.25, 0.3) is 5.56 Å². The van der Waals surface area contributed by atoms with Crippen molar-refractivity contribution in [3.05, 3.63) is 56.2 Å². The van der Waals surface area contributed by atoms with Crippen molar-refractivity contribution in [1.29, 1.82) is 0 Å². The Balaban J connectivity index is 1.78. The third kappa shape index (κ3) is 3.92. The Morgan fingerprint density at radius 3 is 2.38 bits per heavy atom. The van der Waals surface area contributed by atoms with Crippen LogP contribution in [0.15, 0.2) is 33.9 Å². The van der Waals surface area contributed by atoms with Gasteiger partial charge in [-0.05, 0) is 30.5 Å². The van der Waals surface area contributed by atoms with Crippen LogP contribution in [-0.4, -0.2) is 28.5 Å². The highest BCUT2D eigenvalue weighted by Gasteiger charge is 2.40. The van der Waals surface area contributed by atoms with Crippen LogP contribution in [0.1, 0.15) is 43.2 Å². The Hall–Kier alpha value is -2.75. The molecule has 2 aliphatic rings. The van der Waals surface area contributed by atoms with E-state index in [1.807, 2.05) is 4.90 Å². The van der Waals surface area contributed by atoms with Crippen molar-refractivity contribution in [3.8, 4) is 0 Å². The van der Waals surface area contributed by atoms with Gasteiger partial charge in [0.15, 0.2) is 6.29 Å². The lowest BCUT2D eigenvalue weighted by Crippen LogP contribution is -2.55. The number of benzene rings is 1. The number of alkyl halides is 3. The second-order valence-electron chi connectivity index (χ2n) is 8.69. The molecule has 2 aromatic rings. The van der Waals surface area contributed by atoms with Gasteiger partial charge in [-0.15, -0.1) is 0 Å². The number of hydrogen-bond acceptors (Lipinski definition) is 5. The van der Waals surface area contributed by atoms with E-state index in [1.54, 1.807) is 25.1 Å². The average Bonchev–Trinajstić information content (AvgIpc) is 3.03. The minimum absolute atomic E-state index is 0.0963. The van der Waals surface area contributed by atoms with Gasteiger partial charge in [0.1, 0.15) is 11.5 Å². The summed E-state index contributed by atoms with van der Waals surface area (Å²) in [5.74, 6) is 0.457. The van der Waals surface area contributed by atoms with Crippen molar-refractivity contribution in [2.24, 2.45) is 14.1 Å². The van der Waals surface area contributed by atoms with Crippen molar-refractivity contribution in [3.63, 3.8) is 0 Å². The monoisotopic (exact) mass is 451 g/mol. The quantitative estimate of drug-likeness (QED) is 0.775. The predicted molar refractivity (Wildman–Crippen MR) is 117 cm³/mol. The molecule has 1 aromatic heterocycles. The summed E-state index contributed by atoms with van der Waals surface area (Å²) in [4.78, 5) is 29.3. The van der Waals surface area contributed by atoms with Gasteiger partial charge in [-0.25, -0.2) is 4.79 Å². The molecule has 1 unspecified atom stereocenters. The van der Waals surface area contributed by atoms with Crippen LogP contribution in [0.3, 0.4) is 0 Å². The van der Waals surface area contributed by atoms with Crippen LogP contribution in [-0.2, 0) is 26.8 Å². The first kappa shape index (κ1) is 22.4. The molecule has 1 aromatic carbocycles. The number of aromatic nitrogens is 2. The van der Waals surface area contributed by atoms with Gasteiger partial charge in [-0.3, -0.25) is 19.2 Å². The van der Waals surface area contributed by atoms with Crippen LogP contribution in [0.4, 0.5) is 24.7 Å². The van der Waals surface area contributed by atoms with Crippen molar-refractivity contribution in [1.82, 2.24) is 14.5 Å². The first-order valence-corrected chi connectivity index (χ1v) is 10.8. The molecule has 0 saturated heterocycles. The number of anilines is 2. The average molecular weight is 451 g/mol. The van der Waals surface area contributed by atoms with E-state index in [1.165, 1.54) is 24.1 Å². The van der Waals surface area contributed by atoms with E-state index in [0.29, 0.717) is 17.1 Å². The van der Waals surface area contributed by atoms with E-state index >= 15 is 0 Å². The van der Waals surface area contributed by atoms with Crippen molar-refractivity contribution in [2.75, 3.05) is 16.8 Å². The smallest absolute Gasteiger partial charge is 0.327 e. The molecule has 0 spiro atoms. The minimum atomic E-state index is -4.45. The minimum Gasteiger partial charge on any atom is -0.327 e. The standard InChI is InChI=1S/C22H28F3N5O2/c1-27-18-17(19(31)29(3)21(32)28(18)2)30(20(27)26-16-10-5-4-6-11-16)13-14-8-7-9-15(12-14)22(23,24)25/h7-9,12,16,20,26H,4-6,10-11,13H2,1-3H3. The molecule has 4 rings (SSSR count). The predicted octanol–water partition coefficient (Wildman–Crippen LogP) is 2.77.